The molecule has 1 fully saturated rings. The van der Waals surface area contributed by atoms with Crippen molar-refractivity contribution < 1.29 is 8.78 Å². The fraction of sp³-hybridized carbons (Fsp3) is 0.267. The SMILES string of the molecule is Cc1cc(C)c(N2C(=S)CSC2c2c(F)cccc2F)[nH]1. The zero-order valence-corrected chi connectivity index (χ0v) is 13.2. The Balaban J connectivity index is 2.10. The first-order valence-electron chi connectivity index (χ1n) is 6.53. The molecule has 2 aromatic rings. The Labute approximate surface area is 131 Å². The van der Waals surface area contributed by atoms with Crippen molar-refractivity contribution in [3.63, 3.8) is 0 Å². The Morgan fingerprint density at radius 2 is 1.95 bits per heavy atom. The van der Waals surface area contributed by atoms with Crippen LogP contribution >= 0.6 is 24.0 Å². The molecule has 1 aromatic heterocycles. The number of nitrogens with one attached hydrogen (secondary N) is 1. The summed E-state index contributed by atoms with van der Waals surface area (Å²) >= 11 is 6.83. The molecule has 0 radical (unpaired) electrons. The van der Waals surface area contributed by atoms with Gasteiger partial charge in [0.25, 0.3) is 0 Å². The van der Waals surface area contributed by atoms with Gasteiger partial charge in [-0.3, -0.25) is 0 Å². The topological polar surface area (TPSA) is 19.0 Å². The van der Waals surface area contributed by atoms with Crippen molar-refractivity contribution in [1.82, 2.24) is 4.98 Å². The summed E-state index contributed by atoms with van der Waals surface area (Å²) in [5.41, 5.74) is 2.07. The zero-order chi connectivity index (χ0) is 15.1. The van der Waals surface area contributed by atoms with Crippen LogP contribution in [0.2, 0.25) is 0 Å². The zero-order valence-electron chi connectivity index (χ0n) is 11.6. The molecular formula is C15H14F2N2S2. The average molecular weight is 324 g/mol. The van der Waals surface area contributed by atoms with Gasteiger partial charge in [0.05, 0.1) is 10.6 Å². The molecule has 1 atom stereocenters. The van der Waals surface area contributed by atoms with E-state index < -0.39 is 17.0 Å². The van der Waals surface area contributed by atoms with Gasteiger partial charge in [0.2, 0.25) is 0 Å². The molecule has 0 saturated carbocycles. The number of hydrogen-bond donors (Lipinski definition) is 1. The van der Waals surface area contributed by atoms with Crippen molar-refractivity contribution in [2.45, 2.75) is 19.2 Å². The standard InChI is InChI=1S/C15H14F2N2S2/c1-8-6-9(2)18-14(8)19-12(20)7-21-15(19)13-10(16)4-3-5-11(13)17/h3-6,15,18H,7H2,1-2H3. The number of anilines is 1. The smallest absolute Gasteiger partial charge is 0.132 e. The van der Waals surface area contributed by atoms with E-state index in [1.807, 2.05) is 24.8 Å². The third-order valence-electron chi connectivity index (χ3n) is 3.48. The summed E-state index contributed by atoms with van der Waals surface area (Å²) in [6.45, 7) is 3.90. The van der Waals surface area contributed by atoms with Gasteiger partial charge in [-0.25, -0.2) is 8.78 Å². The lowest BCUT2D eigenvalue weighted by Gasteiger charge is -2.26. The summed E-state index contributed by atoms with van der Waals surface area (Å²) in [5, 5.41) is -0.476. The van der Waals surface area contributed by atoms with Gasteiger partial charge in [0, 0.05) is 11.4 Å². The molecule has 0 amide bonds. The summed E-state index contributed by atoms with van der Waals surface area (Å²) in [6.07, 6.45) is 0. The van der Waals surface area contributed by atoms with Crippen LogP contribution in [-0.4, -0.2) is 15.7 Å². The van der Waals surface area contributed by atoms with Gasteiger partial charge >= 0.3 is 0 Å². The second kappa shape index (κ2) is 5.42. The van der Waals surface area contributed by atoms with Crippen molar-refractivity contribution in [3.8, 4) is 0 Å². The van der Waals surface area contributed by atoms with Gasteiger partial charge in [0.15, 0.2) is 0 Å². The van der Waals surface area contributed by atoms with Crippen LogP contribution in [0.15, 0.2) is 24.3 Å². The highest BCUT2D eigenvalue weighted by atomic mass is 32.2. The molecule has 1 N–H and O–H groups in total. The summed E-state index contributed by atoms with van der Waals surface area (Å²) < 4.78 is 28.2. The maximum atomic E-state index is 14.1. The van der Waals surface area contributed by atoms with Crippen molar-refractivity contribution in [1.29, 1.82) is 0 Å². The Hall–Kier alpha value is -1.40. The van der Waals surface area contributed by atoms with Gasteiger partial charge < -0.3 is 9.88 Å². The van der Waals surface area contributed by atoms with Crippen LogP contribution in [0.3, 0.4) is 0 Å². The molecule has 0 bridgehead atoms. The van der Waals surface area contributed by atoms with Crippen LogP contribution in [0.25, 0.3) is 0 Å². The number of halogens is 2. The lowest BCUT2D eigenvalue weighted by Crippen LogP contribution is -2.28. The van der Waals surface area contributed by atoms with E-state index in [1.165, 1.54) is 30.0 Å². The van der Waals surface area contributed by atoms with Gasteiger partial charge in [-0.2, -0.15) is 0 Å². The maximum Gasteiger partial charge on any atom is 0.132 e. The minimum Gasteiger partial charge on any atom is -0.345 e. The lowest BCUT2D eigenvalue weighted by molar-refractivity contribution is 0.555. The number of nitrogens with zero attached hydrogens (tertiary/aromatic N) is 1. The summed E-state index contributed by atoms with van der Waals surface area (Å²) in [4.78, 5) is 5.74. The van der Waals surface area contributed by atoms with Crippen LogP contribution in [0.5, 0.6) is 0 Å². The number of H-pyrrole nitrogens is 1. The molecule has 110 valence electrons. The average Bonchev–Trinajstić information content (AvgIpc) is 2.92. The molecule has 0 spiro atoms. The molecule has 1 aliphatic rings. The first kappa shape index (κ1) is 14.5. The van der Waals surface area contributed by atoms with Gasteiger partial charge in [0.1, 0.15) is 22.8 Å². The van der Waals surface area contributed by atoms with Crippen molar-refractivity contribution >= 4 is 34.8 Å². The molecule has 1 aromatic carbocycles. The molecule has 1 unspecified atom stereocenters. The molecule has 1 saturated heterocycles. The maximum absolute atomic E-state index is 14.1. The molecule has 1 aliphatic heterocycles. The van der Waals surface area contributed by atoms with Crippen LogP contribution < -0.4 is 4.90 Å². The van der Waals surface area contributed by atoms with Crippen molar-refractivity contribution in [3.05, 3.63) is 52.7 Å². The van der Waals surface area contributed by atoms with E-state index in [0.29, 0.717) is 10.7 Å². The molecule has 0 aliphatic carbocycles. The number of rotatable bonds is 2. The van der Waals surface area contributed by atoms with E-state index in [4.69, 9.17) is 12.2 Å². The minimum atomic E-state index is -0.539. The Bertz CT molecular complexity index is 691. The van der Waals surface area contributed by atoms with Crippen molar-refractivity contribution in [2.24, 2.45) is 0 Å². The summed E-state index contributed by atoms with van der Waals surface area (Å²) in [6, 6.07) is 5.94. The fourth-order valence-electron chi connectivity index (χ4n) is 2.59. The van der Waals surface area contributed by atoms with Crippen LogP contribution in [-0.2, 0) is 0 Å². The first-order valence-corrected chi connectivity index (χ1v) is 7.98. The number of thiocarbonyl (C=S) groups is 1. The highest BCUT2D eigenvalue weighted by Crippen LogP contribution is 2.44. The molecule has 2 heterocycles. The predicted molar refractivity (Wildman–Crippen MR) is 86.9 cm³/mol. The second-order valence-corrected chi connectivity index (χ2v) is 6.59. The molecule has 2 nitrogen and oxygen atoms in total. The van der Waals surface area contributed by atoms with E-state index in [0.717, 1.165) is 17.1 Å². The molecule has 21 heavy (non-hydrogen) atoms. The number of hydrogen-bond acceptors (Lipinski definition) is 2. The summed E-state index contributed by atoms with van der Waals surface area (Å²) in [7, 11) is 0. The highest BCUT2D eigenvalue weighted by Gasteiger charge is 2.36. The number of thioether (sulfide) groups is 1. The fourth-order valence-corrected chi connectivity index (χ4v) is 4.27. The van der Waals surface area contributed by atoms with Crippen LogP contribution in [0.4, 0.5) is 14.6 Å². The third kappa shape index (κ3) is 2.46. The van der Waals surface area contributed by atoms with Crippen LogP contribution in [0, 0.1) is 25.5 Å². The second-order valence-electron chi connectivity index (χ2n) is 5.05. The number of aromatic nitrogens is 1. The minimum absolute atomic E-state index is 0.0639. The largest absolute Gasteiger partial charge is 0.345 e. The monoisotopic (exact) mass is 324 g/mol. The molecule has 6 heteroatoms. The van der Waals surface area contributed by atoms with Crippen molar-refractivity contribution in [2.75, 3.05) is 10.7 Å². The van der Waals surface area contributed by atoms with E-state index >= 15 is 0 Å². The third-order valence-corrected chi connectivity index (χ3v) is 5.20. The van der Waals surface area contributed by atoms with Gasteiger partial charge in [-0.15, -0.1) is 11.8 Å². The van der Waals surface area contributed by atoms with E-state index in [2.05, 4.69) is 4.98 Å². The van der Waals surface area contributed by atoms with Crippen LogP contribution in [0.1, 0.15) is 22.2 Å². The number of benzene rings is 1. The van der Waals surface area contributed by atoms with E-state index in [-0.39, 0.29) is 5.56 Å². The van der Waals surface area contributed by atoms with E-state index in [1.54, 1.807) is 0 Å². The first-order chi connectivity index (χ1) is 9.99. The normalized spacial score (nSPS) is 18.6. The quantitative estimate of drug-likeness (QED) is 0.822. The molecular weight excluding hydrogens is 310 g/mol. The Morgan fingerprint density at radius 1 is 1.29 bits per heavy atom. The predicted octanol–water partition coefficient (Wildman–Crippen LogP) is 4.49. The highest BCUT2D eigenvalue weighted by molar-refractivity contribution is 8.02. The Kier molecular flexibility index (Phi) is 3.75. The van der Waals surface area contributed by atoms with Gasteiger partial charge in [-0.05, 0) is 37.6 Å². The lowest BCUT2D eigenvalue weighted by atomic mass is 10.1. The Morgan fingerprint density at radius 3 is 2.52 bits per heavy atom. The number of aryl methyl sites for hydroxylation is 2. The van der Waals surface area contributed by atoms with Gasteiger partial charge in [-0.1, -0.05) is 18.3 Å². The molecule has 3 rings (SSSR count). The van der Waals surface area contributed by atoms with E-state index in [9.17, 15) is 8.78 Å². The summed E-state index contributed by atoms with van der Waals surface area (Å²) in [5.74, 6) is 0.312. The number of aromatic amines is 1.